The van der Waals surface area contributed by atoms with E-state index >= 15 is 0 Å². The number of nitrogens with zero attached hydrogens (tertiary/aromatic N) is 3. The van der Waals surface area contributed by atoms with Gasteiger partial charge in [0.25, 0.3) is 0 Å². The number of hydrogen-bond acceptors (Lipinski definition) is 4. The fraction of sp³-hybridized carbons (Fsp3) is 0.0417. The summed E-state index contributed by atoms with van der Waals surface area (Å²) in [6, 6.07) is 14.0. The van der Waals surface area contributed by atoms with Crippen LogP contribution < -0.4 is 0 Å². The van der Waals surface area contributed by atoms with Crippen LogP contribution in [-0.2, 0) is 6.54 Å². The molecule has 0 fully saturated rings. The Hall–Kier alpha value is -2.83. The zero-order chi connectivity index (χ0) is 23.1. The number of pyridine rings is 1. The van der Waals surface area contributed by atoms with Crippen LogP contribution in [0.25, 0.3) is 22.4 Å². The molecule has 5 rings (SSSR count). The Morgan fingerprint density at radius 1 is 0.939 bits per heavy atom. The summed E-state index contributed by atoms with van der Waals surface area (Å²) in [5.74, 6) is -0.0279. The van der Waals surface area contributed by atoms with Gasteiger partial charge >= 0.3 is 0 Å². The number of benzene rings is 2. The SMILES string of the molecule is O=C(c1cnc(-c2ccncc2)o1)c1c(Cl)n(Cc2ccc(Cl)cc2Cl)c2ccc(Cl)cc12. The molecule has 3 heterocycles. The number of aromatic nitrogens is 3. The van der Waals surface area contributed by atoms with Gasteiger partial charge in [0, 0.05) is 38.4 Å². The molecule has 0 unspecified atom stereocenters. The standard InChI is InChI=1S/C24H13Cl4N3O2/c25-15-3-4-19-17(9-15)21(23(28)31(19)12-14-1-2-16(26)10-18(14)27)22(32)20-11-30-24(33-20)13-5-7-29-8-6-13/h1-11H,12H2. The summed E-state index contributed by atoms with van der Waals surface area (Å²) in [6.07, 6.45) is 4.63. The topological polar surface area (TPSA) is 60.9 Å². The summed E-state index contributed by atoms with van der Waals surface area (Å²) in [6.45, 7) is 0.332. The quantitative estimate of drug-likeness (QED) is 0.226. The molecule has 0 bridgehead atoms. The van der Waals surface area contributed by atoms with E-state index < -0.39 is 5.78 Å². The maximum absolute atomic E-state index is 13.5. The highest BCUT2D eigenvalue weighted by Crippen LogP contribution is 2.35. The van der Waals surface area contributed by atoms with Gasteiger partial charge in [0.2, 0.25) is 11.7 Å². The van der Waals surface area contributed by atoms with Crippen molar-refractivity contribution in [3.05, 3.63) is 104 Å². The van der Waals surface area contributed by atoms with Crippen LogP contribution in [0.5, 0.6) is 0 Å². The summed E-state index contributed by atoms with van der Waals surface area (Å²) in [5, 5.41) is 2.35. The van der Waals surface area contributed by atoms with Crippen molar-refractivity contribution in [1.29, 1.82) is 0 Å². The van der Waals surface area contributed by atoms with Crippen molar-refractivity contribution in [2.45, 2.75) is 6.54 Å². The summed E-state index contributed by atoms with van der Waals surface area (Å²) in [7, 11) is 0. The van der Waals surface area contributed by atoms with Crippen LogP contribution in [0.3, 0.4) is 0 Å². The Labute approximate surface area is 208 Å². The fourth-order valence-corrected chi connectivity index (χ4v) is 4.60. The van der Waals surface area contributed by atoms with Gasteiger partial charge in [-0.05, 0) is 48.0 Å². The molecule has 5 nitrogen and oxygen atoms in total. The molecule has 0 saturated carbocycles. The van der Waals surface area contributed by atoms with E-state index in [1.165, 1.54) is 6.20 Å². The van der Waals surface area contributed by atoms with Crippen LogP contribution in [0.2, 0.25) is 20.2 Å². The van der Waals surface area contributed by atoms with Gasteiger partial charge in [0.1, 0.15) is 5.15 Å². The number of hydrogen-bond donors (Lipinski definition) is 0. The highest BCUT2D eigenvalue weighted by Gasteiger charge is 2.26. The normalized spacial score (nSPS) is 11.3. The van der Waals surface area contributed by atoms with Crippen molar-refractivity contribution in [1.82, 2.24) is 14.5 Å². The molecule has 0 aliphatic carbocycles. The molecule has 0 N–H and O–H groups in total. The second-order valence-corrected chi connectivity index (χ2v) is 8.88. The second kappa shape index (κ2) is 8.84. The minimum absolute atomic E-state index is 0.0623. The Morgan fingerprint density at radius 2 is 1.67 bits per heavy atom. The number of oxazole rings is 1. The lowest BCUT2D eigenvalue weighted by atomic mass is 10.1. The van der Waals surface area contributed by atoms with Crippen molar-refractivity contribution in [2.75, 3.05) is 0 Å². The molecule has 3 aromatic heterocycles. The molecular formula is C24H13Cl4N3O2. The van der Waals surface area contributed by atoms with Crippen molar-refractivity contribution < 1.29 is 9.21 Å². The Bertz CT molecular complexity index is 1510. The molecular weight excluding hydrogens is 504 g/mol. The summed E-state index contributed by atoms with van der Waals surface area (Å²) < 4.78 is 7.56. The van der Waals surface area contributed by atoms with Crippen molar-refractivity contribution in [2.24, 2.45) is 0 Å². The highest BCUT2D eigenvalue weighted by atomic mass is 35.5. The van der Waals surface area contributed by atoms with Crippen molar-refractivity contribution >= 4 is 63.1 Å². The Morgan fingerprint density at radius 3 is 2.42 bits per heavy atom. The van der Waals surface area contributed by atoms with Crippen LogP contribution in [0.1, 0.15) is 21.7 Å². The molecule has 2 aromatic carbocycles. The first-order valence-electron chi connectivity index (χ1n) is 9.74. The van der Waals surface area contributed by atoms with Gasteiger partial charge in [-0.25, -0.2) is 4.98 Å². The predicted molar refractivity (Wildman–Crippen MR) is 131 cm³/mol. The third-order valence-corrected chi connectivity index (χ3v) is 6.40. The minimum atomic E-state index is -0.402. The third kappa shape index (κ3) is 4.13. The molecule has 164 valence electrons. The second-order valence-electron chi connectivity index (χ2n) is 7.24. The average molecular weight is 517 g/mol. The van der Waals surface area contributed by atoms with Crippen LogP contribution >= 0.6 is 46.4 Å². The molecule has 0 saturated heterocycles. The van der Waals surface area contributed by atoms with Gasteiger partial charge in [-0.1, -0.05) is 52.5 Å². The molecule has 0 spiro atoms. The van der Waals surface area contributed by atoms with Gasteiger partial charge in [0.15, 0.2) is 5.76 Å². The van der Waals surface area contributed by atoms with Gasteiger partial charge < -0.3 is 8.98 Å². The Balaban J connectivity index is 1.61. The van der Waals surface area contributed by atoms with E-state index in [0.717, 1.165) is 11.1 Å². The first kappa shape index (κ1) is 22.0. The molecule has 0 atom stereocenters. The van der Waals surface area contributed by atoms with E-state index in [0.29, 0.717) is 38.5 Å². The largest absolute Gasteiger partial charge is 0.433 e. The first-order valence-corrected chi connectivity index (χ1v) is 11.3. The summed E-state index contributed by atoms with van der Waals surface area (Å²) in [5.41, 5.74) is 2.51. The molecule has 0 amide bonds. The van der Waals surface area contributed by atoms with E-state index in [4.69, 9.17) is 50.8 Å². The summed E-state index contributed by atoms with van der Waals surface area (Å²) in [4.78, 5) is 21.7. The predicted octanol–water partition coefficient (Wildman–Crippen LogP) is 7.58. The van der Waals surface area contributed by atoms with E-state index in [1.54, 1.807) is 53.4 Å². The smallest absolute Gasteiger partial charge is 0.233 e. The van der Waals surface area contributed by atoms with Gasteiger partial charge in [-0.15, -0.1) is 0 Å². The lowest BCUT2D eigenvalue weighted by Crippen LogP contribution is -2.03. The van der Waals surface area contributed by atoms with Crippen LogP contribution in [0, 0.1) is 0 Å². The zero-order valence-corrected chi connectivity index (χ0v) is 19.8. The number of halogens is 4. The fourth-order valence-electron chi connectivity index (χ4n) is 3.62. The Kier molecular flexibility index (Phi) is 5.89. The lowest BCUT2D eigenvalue weighted by molar-refractivity contribution is 0.101. The average Bonchev–Trinajstić information content (AvgIpc) is 3.39. The van der Waals surface area contributed by atoms with Crippen molar-refractivity contribution in [3.8, 4) is 11.5 Å². The number of ketones is 1. The van der Waals surface area contributed by atoms with Gasteiger partial charge in [-0.2, -0.15) is 0 Å². The zero-order valence-electron chi connectivity index (χ0n) is 16.7. The minimum Gasteiger partial charge on any atom is -0.433 e. The van der Waals surface area contributed by atoms with Gasteiger partial charge in [0.05, 0.1) is 23.8 Å². The molecule has 33 heavy (non-hydrogen) atoms. The maximum Gasteiger partial charge on any atom is 0.233 e. The number of carbonyl (C=O) groups excluding carboxylic acids is 1. The van der Waals surface area contributed by atoms with Crippen LogP contribution in [0.15, 0.2) is 71.5 Å². The number of rotatable bonds is 5. The lowest BCUT2D eigenvalue weighted by Gasteiger charge is -2.09. The van der Waals surface area contributed by atoms with Crippen LogP contribution in [-0.4, -0.2) is 20.3 Å². The highest BCUT2D eigenvalue weighted by molar-refractivity contribution is 6.38. The third-order valence-electron chi connectivity index (χ3n) is 5.19. The van der Waals surface area contributed by atoms with E-state index in [9.17, 15) is 4.79 Å². The molecule has 0 radical (unpaired) electrons. The maximum atomic E-state index is 13.5. The van der Waals surface area contributed by atoms with E-state index in [2.05, 4.69) is 9.97 Å². The van der Waals surface area contributed by atoms with E-state index in [-0.39, 0.29) is 16.5 Å². The molecule has 9 heteroatoms. The number of fused-ring (bicyclic) bond motifs is 1. The van der Waals surface area contributed by atoms with E-state index in [1.807, 2.05) is 12.1 Å². The molecule has 0 aliphatic heterocycles. The monoisotopic (exact) mass is 515 g/mol. The van der Waals surface area contributed by atoms with Crippen LogP contribution in [0.4, 0.5) is 0 Å². The van der Waals surface area contributed by atoms with Gasteiger partial charge in [-0.3, -0.25) is 9.78 Å². The molecule has 5 aromatic rings. The molecule has 0 aliphatic rings. The van der Waals surface area contributed by atoms with Crippen molar-refractivity contribution in [3.63, 3.8) is 0 Å². The number of carbonyl (C=O) groups is 1. The first-order chi connectivity index (χ1) is 15.9. The summed E-state index contributed by atoms with van der Waals surface area (Å²) >= 11 is 25.4.